The number of carbonyl (C=O) groups excluding carboxylic acids is 1. The van der Waals surface area contributed by atoms with Gasteiger partial charge in [0.15, 0.2) is 0 Å². The molecule has 1 heterocycles. The van der Waals surface area contributed by atoms with Gasteiger partial charge in [0.1, 0.15) is 0 Å². The molecular weight excluding hydrogens is 368 g/mol. The van der Waals surface area contributed by atoms with E-state index >= 15 is 0 Å². The summed E-state index contributed by atoms with van der Waals surface area (Å²) in [6, 6.07) is 8.70. The van der Waals surface area contributed by atoms with Crippen LogP contribution in [0, 0.1) is 41.4 Å². The first-order valence-corrected chi connectivity index (χ1v) is 12.2. The second kappa shape index (κ2) is 6.37. The number of fused-ring (bicyclic) bond motifs is 1. The third kappa shape index (κ3) is 2.73. The molecule has 5 fully saturated rings. The van der Waals surface area contributed by atoms with Gasteiger partial charge in [0, 0.05) is 28.6 Å². The fraction of sp³-hybridized carbons (Fsp3) is 0.667. The molecule has 0 radical (unpaired) electrons. The molecule has 5 aliphatic rings. The Balaban J connectivity index is 1.13. The second-order valence-electron chi connectivity index (χ2n) is 11.9. The van der Waals surface area contributed by atoms with E-state index in [-0.39, 0.29) is 5.41 Å². The van der Waals surface area contributed by atoms with E-state index in [0.29, 0.717) is 23.2 Å². The highest BCUT2D eigenvalue weighted by molar-refractivity contribution is 5.86. The number of H-pyrrole nitrogens is 1. The third-order valence-corrected chi connectivity index (χ3v) is 9.57. The smallest absolute Gasteiger partial charge is 0.226 e. The van der Waals surface area contributed by atoms with Crippen molar-refractivity contribution < 1.29 is 4.79 Å². The molecule has 0 spiro atoms. The van der Waals surface area contributed by atoms with Gasteiger partial charge >= 0.3 is 0 Å². The van der Waals surface area contributed by atoms with Gasteiger partial charge in [-0.15, -0.1) is 0 Å². The summed E-state index contributed by atoms with van der Waals surface area (Å²) in [5.41, 5.74) is 4.37. The van der Waals surface area contributed by atoms with E-state index in [1.165, 1.54) is 41.4 Å². The number of benzene rings is 1. The lowest BCUT2D eigenvalue weighted by Gasteiger charge is -2.55. The number of aryl methyl sites for hydroxylation is 1. The summed E-state index contributed by atoms with van der Waals surface area (Å²) in [7, 11) is 0. The van der Waals surface area contributed by atoms with Crippen LogP contribution in [0.15, 0.2) is 24.3 Å². The Labute approximate surface area is 180 Å². The van der Waals surface area contributed by atoms with Crippen LogP contribution in [0.4, 0.5) is 0 Å². The maximum atomic E-state index is 13.3. The van der Waals surface area contributed by atoms with Crippen LogP contribution in [-0.4, -0.2) is 17.4 Å². The van der Waals surface area contributed by atoms with Gasteiger partial charge in [-0.3, -0.25) is 4.79 Å². The van der Waals surface area contributed by atoms with Crippen molar-refractivity contribution in [3.63, 3.8) is 0 Å². The van der Waals surface area contributed by atoms with Crippen molar-refractivity contribution in [2.45, 2.75) is 71.6 Å². The van der Waals surface area contributed by atoms with Gasteiger partial charge in [-0.2, -0.15) is 0 Å². The molecule has 1 aromatic heterocycles. The van der Waals surface area contributed by atoms with Crippen LogP contribution < -0.4 is 5.32 Å². The van der Waals surface area contributed by atoms with Crippen molar-refractivity contribution in [2.24, 2.45) is 34.5 Å². The standard InChI is InChI=1S/C27H36N2O/c1-16-23(20-6-4-5-7-22(20)29-16)24-21(26(24,2)3)8-9-28-25(30)27-13-17-10-18(14-27)12-19(11-17)15-27/h4-7,17-19,21,24,29H,8-15H2,1-3H3,(H,28,30)/t17?,18?,19?,21-,24+,27?/m1/s1. The highest BCUT2D eigenvalue weighted by Crippen LogP contribution is 2.67. The Morgan fingerprint density at radius 2 is 1.70 bits per heavy atom. The molecule has 0 unspecified atom stereocenters. The Hall–Kier alpha value is -1.77. The number of amides is 1. The SMILES string of the molecule is Cc1[nH]c2ccccc2c1[C@@H]1[C@@H](CCNC(=O)C23CC4CC(CC(C4)C2)C3)C1(C)C. The molecule has 2 aromatic rings. The summed E-state index contributed by atoms with van der Waals surface area (Å²) in [4.78, 5) is 16.9. The predicted molar refractivity (Wildman–Crippen MR) is 121 cm³/mol. The normalized spacial score (nSPS) is 38.2. The van der Waals surface area contributed by atoms with E-state index in [4.69, 9.17) is 0 Å². The zero-order valence-electron chi connectivity index (χ0n) is 18.8. The van der Waals surface area contributed by atoms with Gasteiger partial charge in [-0.25, -0.2) is 0 Å². The fourth-order valence-electron chi connectivity index (χ4n) is 8.47. The number of hydrogen-bond acceptors (Lipinski definition) is 1. The Kier molecular flexibility index (Phi) is 4.03. The Morgan fingerprint density at radius 3 is 2.37 bits per heavy atom. The summed E-state index contributed by atoms with van der Waals surface area (Å²) in [5.74, 6) is 4.12. The summed E-state index contributed by atoms with van der Waals surface area (Å²) in [5, 5.41) is 4.80. The number of carbonyl (C=O) groups is 1. The summed E-state index contributed by atoms with van der Waals surface area (Å²) in [6.07, 6.45) is 8.77. The van der Waals surface area contributed by atoms with Gasteiger partial charge in [-0.05, 0) is 98.5 Å². The molecule has 30 heavy (non-hydrogen) atoms. The van der Waals surface area contributed by atoms with E-state index in [1.807, 2.05) is 0 Å². The Bertz CT molecular complexity index is 964. The number of para-hydroxylation sites is 1. The van der Waals surface area contributed by atoms with Gasteiger partial charge < -0.3 is 10.3 Å². The summed E-state index contributed by atoms with van der Waals surface area (Å²) < 4.78 is 0. The summed E-state index contributed by atoms with van der Waals surface area (Å²) >= 11 is 0. The lowest BCUT2D eigenvalue weighted by atomic mass is 9.49. The lowest BCUT2D eigenvalue weighted by molar-refractivity contribution is -0.146. The molecule has 2 atom stereocenters. The molecule has 3 heteroatoms. The van der Waals surface area contributed by atoms with Gasteiger partial charge in [0.2, 0.25) is 5.91 Å². The first-order chi connectivity index (χ1) is 14.4. The van der Waals surface area contributed by atoms with Gasteiger partial charge in [-0.1, -0.05) is 32.0 Å². The largest absolute Gasteiger partial charge is 0.358 e. The first kappa shape index (κ1) is 19.0. The average Bonchev–Trinajstić information content (AvgIpc) is 3.05. The maximum absolute atomic E-state index is 13.3. The molecule has 2 N–H and O–H groups in total. The molecule has 0 aliphatic heterocycles. The van der Waals surface area contributed by atoms with Gasteiger partial charge in [0.25, 0.3) is 0 Å². The highest BCUT2D eigenvalue weighted by atomic mass is 16.2. The zero-order chi connectivity index (χ0) is 20.7. The molecule has 160 valence electrons. The van der Waals surface area contributed by atoms with E-state index in [1.54, 1.807) is 0 Å². The zero-order valence-corrected chi connectivity index (χ0v) is 18.8. The molecule has 1 amide bonds. The number of aromatic amines is 1. The Morgan fingerprint density at radius 1 is 1.07 bits per heavy atom. The molecular formula is C27H36N2O. The molecule has 5 saturated carbocycles. The average molecular weight is 405 g/mol. The minimum Gasteiger partial charge on any atom is -0.358 e. The van der Waals surface area contributed by atoms with Crippen molar-refractivity contribution in [1.29, 1.82) is 0 Å². The lowest BCUT2D eigenvalue weighted by Crippen LogP contribution is -2.53. The molecule has 0 saturated heterocycles. The predicted octanol–water partition coefficient (Wildman–Crippen LogP) is 5.94. The van der Waals surface area contributed by atoms with Crippen LogP contribution in [0.5, 0.6) is 0 Å². The van der Waals surface area contributed by atoms with Crippen molar-refractivity contribution in [3.8, 4) is 0 Å². The van der Waals surface area contributed by atoms with Crippen molar-refractivity contribution >= 4 is 16.8 Å². The van der Waals surface area contributed by atoms with Crippen molar-refractivity contribution in [3.05, 3.63) is 35.5 Å². The quantitative estimate of drug-likeness (QED) is 0.636. The fourth-order valence-corrected chi connectivity index (χ4v) is 8.47. The van der Waals surface area contributed by atoms with Crippen LogP contribution in [0.3, 0.4) is 0 Å². The molecule has 7 rings (SSSR count). The number of rotatable bonds is 5. The molecule has 5 aliphatic carbocycles. The first-order valence-electron chi connectivity index (χ1n) is 12.2. The monoisotopic (exact) mass is 404 g/mol. The van der Waals surface area contributed by atoms with Crippen LogP contribution in [0.25, 0.3) is 10.9 Å². The number of hydrogen-bond donors (Lipinski definition) is 2. The van der Waals surface area contributed by atoms with Crippen molar-refractivity contribution in [1.82, 2.24) is 10.3 Å². The van der Waals surface area contributed by atoms with E-state index in [9.17, 15) is 4.79 Å². The van der Waals surface area contributed by atoms with E-state index < -0.39 is 0 Å². The van der Waals surface area contributed by atoms with Crippen LogP contribution in [0.2, 0.25) is 0 Å². The topological polar surface area (TPSA) is 44.9 Å². The van der Waals surface area contributed by atoms with E-state index in [0.717, 1.165) is 50.0 Å². The second-order valence-corrected chi connectivity index (χ2v) is 11.9. The van der Waals surface area contributed by atoms with Crippen LogP contribution in [-0.2, 0) is 4.79 Å². The van der Waals surface area contributed by atoms with E-state index in [2.05, 4.69) is 55.3 Å². The maximum Gasteiger partial charge on any atom is 0.226 e. The third-order valence-electron chi connectivity index (χ3n) is 9.57. The van der Waals surface area contributed by atoms with Crippen LogP contribution >= 0.6 is 0 Å². The number of nitrogens with one attached hydrogen (secondary N) is 2. The molecule has 4 bridgehead atoms. The number of aromatic nitrogens is 1. The summed E-state index contributed by atoms with van der Waals surface area (Å²) in [6.45, 7) is 7.87. The van der Waals surface area contributed by atoms with Crippen LogP contribution in [0.1, 0.15) is 76.0 Å². The van der Waals surface area contributed by atoms with Crippen molar-refractivity contribution in [2.75, 3.05) is 6.54 Å². The molecule has 1 aromatic carbocycles. The molecule has 3 nitrogen and oxygen atoms in total. The minimum absolute atomic E-state index is 0.0132. The van der Waals surface area contributed by atoms with Gasteiger partial charge in [0.05, 0.1) is 0 Å². The highest BCUT2D eigenvalue weighted by Gasteiger charge is 2.59. The minimum atomic E-state index is -0.0132.